The summed E-state index contributed by atoms with van der Waals surface area (Å²) in [6, 6.07) is 2.68. The number of hydrogen-bond acceptors (Lipinski definition) is 4. The molecule has 0 aliphatic rings. The number of hydrogen-bond donors (Lipinski definition) is 1. The second kappa shape index (κ2) is 6.38. The molecule has 1 atom stereocenters. The third-order valence-corrected chi connectivity index (χ3v) is 2.85. The van der Waals surface area contributed by atoms with Gasteiger partial charge < -0.3 is 5.32 Å². The summed E-state index contributed by atoms with van der Waals surface area (Å²) in [4.78, 5) is 4.15. The van der Waals surface area contributed by atoms with Crippen LogP contribution in [0, 0.1) is 5.82 Å². The van der Waals surface area contributed by atoms with E-state index in [0.717, 1.165) is 18.7 Å². The number of aryl methyl sites for hydroxylation is 1. The Morgan fingerprint density at radius 2 is 2.26 bits per heavy atom. The van der Waals surface area contributed by atoms with Gasteiger partial charge in [0.25, 0.3) is 0 Å². The summed E-state index contributed by atoms with van der Waals surface area (Å²) in [5, 5.41) is 11.2. The van der Waals surface area contributed by atoms with Crippen LogP contribution in [0.25, 0.3) is 0 Å². The van der Waals surface area contributed by atoms with Crippen molar-refractivity contribution in [3.8, 4) is 0 Å². The Hall–Kier alpha value is -1.82. The van der Waals surface area contributed by atoms with E-state index in [9.17, 15) is 4.39 Å². The predicted octanol–water partition coefficient (Wildman–Crippen LogP) is 1.92. The lowest BCUT2D eigenvalue weighted by Gasteiger charge is -2.18. The van der Waals surface area contributed by atoms with E-state index in [4.69, 9.17) is 0 Å². The molecule has 0 amide bonds. The monoisotopic (exact) mass is 263 g/mol. The zero-order valence-electron chi connectivity index (χ0n) is 11.2. The predicted molar refractivity (Wildman–Crippen MR) is 70.0 cm³/mol. The van der Waals surface area contributed by atoms with Gasteiger partial charge in [-0.15, -0.1) is 5.10 Å². The molecule has 0 spiro atoms. The molecule has 0 aromatic carbocycles. The van der Waals surface area contributed by atoms with Crippen LogP contribution in [0.2, 0.25) is 0 Å². The van der Waals surface area contributed by atoms with Crippen molar-refractivity contribution >= 4 is 0 Å². The minimum Gasteiger partial charge on any atom is -0.304 e. The molecule has 2 heterocycles. The lowest BCUT2D eigenvalue weighted by Crippen LogP contribution is -2.26. The summed E-state index contributed by atoms with van der Waals surface area (Å²) in [5.74, 6) is -0.322. The lowest BCUT2D eigenvalue weighted by molar-refractivity contribution is 0.487. The first kappa shape index (κ1) is 13.6. The topological polar surface area (TPSA) is 55.6 Å². The average molecular weight is 263 g/mol. The van der Waals surface area contributed by atoms with Crippen molar-refractivity contribution in [2.75, 3.05) is 6.54 Å². The molecule has 6 heteroatoms. The van der Waals surface area contributed by atoms with E-state index in [-0.39, 0.29) is 11.9 Å². The molecule has 0 bridgehead atoms. The molecule has 0 saturated carbocycles. The van der Waals surface area contributed by atoms with Crippen molar-refractivity contribution in [1.82, 2.24) is 25.3 Å². The molecular formula is C13H18FN5. The minimum absolute atomic E-state index is 0.322. The largest absolute Gasteiger partial charge is 0.304 e. The van der Waals surface area contributed by atoms with Crippen molar-refractivity contribution in [3.05, 3.63) is 41.7 Å². The third kappa shape index (κ3) is 2.96. The first-order valence-electron chi connectivity index (χ1n) is 6.50. The molecule has 102 valence electrons. The molecule has 1 N–H and O–H groups in total. The van der Waals surface area contributed by atoms with Crippen LogP contribution in [0.1, 0.15) is 37.7 Å². The normalized spacial score (nSPS) is 12.6. The molecule has 0 radical (unpaired) electrons. The lowest BCUT2D eigenvalue weighted by atomic mass is 10.1. The number of aromatic nitrogens is 4. The highest BCUT2D eigenvalue weighted by Gasteiger charge is 2.22. The van der Waals surface area contributed by atoms with Gasteiger partial charge in [-0.1, -0.05) is 19.1 Å². The summed E-state index contributed by atoms with van der Waals surface area (Å²) in [6.07, 6.45) is 4.20. The molecule has 2 aromatic heterocycles. The van der Waals surface area contributed by atoms with Crippen LogP contribution in [0.4, 0.5) is 4.39 Å². The Balaban J connectivity index is 2.40. The van der Waals surface area contributed by atoms with E-state index in [1.807, 2.05) is 6.92 Å². The Bertz CT molecular complexity index is 525. The van der Waals surface area contributed by atoms with Crippen LogP contribution < -0.4 is 5.32 Å². The smallest absolute Gasteiger partial charge is 0.146 e. The van der Waals surface area contributed by atoms with Gasteiger partial charge >= 0.3 is 0 Å². The third-order valence-electron chi connectivity index (χ3n) is 2.85. The highest BCUT2D eigenvalue weighted by Crippen LogP contribution is 2.21. The fourth-order valence-corrected chi connectivity index (χ4v) is 2.03. The second-order valence-electron chi connectivity index (χ2n) is 4.24. The standard InChI is InChI=1S/C13H18FN5/c1-3-8-19-11(9-17-18-19)13(15-4-2)12-10(14)6-5-7-16-12/h5-7,9,13,15H,3-4,8H2,1-2H3. The zero-order valence-corrected chi connectivity index (χ0v) is 11.2. The van der Waals surface area contributed by atoms with Crippen LogP contribution in [-0.2, 0) is 6.54 Å². The number of halogens is 1. The number of rotatable bonds is 6. The van der Waals surface area contributed by atoms with E-state index < -0.39 is 0 Å². The molecule has 2 aromatic rings. The Morgan fingerprint density at radius 3 is 2.95 bits per heavy atom. The fourth-order valence-electron chi connectivity index (χ4n) is 2.03. The van der Waals surface area contributed by atoms with Gasteiger partial charge in [-0.2, -0.15) is 0 Å². The van der Waals surface area contributed by atoms with Crippen LogP contribution in [0.5, 0.6) is 0 Å². The van der Waals surface area contributed by atoms with Crippen molar-refractivity contribution in [3.63, 3.8) is 0 Å². The molecule has 19 heavy (non-hydrogen) atoms. The summed E-state index contributed by atoms with van der Waals surface area (Å²) in [5.41, 5.74) is 1.21. The molecule has 0 fully saturated rings. The van der Waals surface area contributed by atoms with Crippen LogP contribution in [-0.4, -0.2) is 26.5 Å². The van der Waals surface area contributed by atoms with E-state index in [1.165, 1.54) is 6.07 Å². The van der Waals surface area contributed by atoms with Crippen LogP contribution >= 0.6 is 0 Å². The molecule has 0 saturated heterocycles. The van der Waals surface area contributed by atoms with E-state index >= 15 is 0 Å². The average Bonchev–Trinajstić information content (AvgIpc) is 2.86. The highest BCUT2D eigenvalue weighted by molar-refractivity contribution is 5.21. The van der Waals surface area contributed by atoms with Crippen molar-refractivity contribution in [2.45, 2.75) is 32.9 Å². The van der Waals surface area contributed by atoms with Crippen LogP contribution in [0.15, 0.2) is 24.5 Å². The maximum absolute atomic E-state index is 13.9. The fraction of sp³-hybridized carbons (Fsp3) is 0.462. The van der Waals surface area contributed by atoms with Crippen molar-refractivity contribution in [1.29, 1.82) is 0 Å². The van der Waals surface area contributed by atoms with Gasteiger partial charge in [-0.05, 0) is 25.1 Å². The Labute approximate surface area is 111 Å². The second-order valence-corrected chi connectivity index (χ2v) is 4.24. The maximum atomic E-state index is 13.9. The van der Waals surface area contributed by atoms with Gasteiger partial charge in [0.1, 0.15) is 5.82 Å². The molecule has 1 unspecified atom stereocenters. The molecule has 0 aliphatic heterocycles. The number of pyridine rings is 1. The summed E-state index contributed by atoms with van der Waals surface area (Å²) < 4.78 is 15.7. The molecular weight excluding hydrogens is 245 g/mol. The molecule has 5 nitrogen and oxygen atoms in total. The van der Waals surface area contributed by atoms with Gasteiger partial charge in [0.05, 0.1) is 23.6 Å². The number of nitrogens with one attached hydrogen (secondary N) is 1. The first-order chi connectivity index (χ1) is 9.27. The molecule has 2 rings (SSSR count). The zero-order chi connectivity index (χ0) is 13.7. The van der Waals surface area contributed by atoms with Gasteiger partial charge in [0, 0.05) is 12.7 Å². The maximum Gasteiger partial charge on any atom is 0.146 e. The van der Waals surface area contributed by atoms with E-state index in [1.54, 1.807) is 23.1 Å². The van der Waals surface area contributed by atoms with E-state index in [2.05, 4.69) is 27.5 Å². The summed E-state index contributed by atoms with van der Waals surface area (Å²) >= 11 is 0. The summed E-state index contributed by atoms with van der Waals surface area (Å²) in [7, 11) is 0. The van der Waals surface area contributed by atoms with Gasteiger partial charge in [-0.25, -0.2) is 9.07 Å². The molecule has 0 aliphatic carbocycles. The summed E-state index contributed by atoms with van der Waals surface area (Å²) in [6.45, 7) is 5.50. The Morgan fingerprint density at radius 1 is 1.42 bits per heavy atom. The van der Waals surface area contributed by atoms with Crippen molar-refractivity contribution < 1.29 is 4.39 Å². The number of nitrogens with zero attached hydrogens (tertiary/aromatic N) is 4. The quantitative estimate of drug-likeness (QED) is 0.865. The van der Waals surface area contributed by atoms with Gasteiger partial charge in [-0.3, -0.25) is 4.98 Å². The van der Waals surface area contributed by atoms with Crippen molar-refractivity contribution in [2.24, 2.45) is 0 Å². The minimum atomic E-state index is -0.326. The van der Waals surface area contributed by atoms with Gasteiger partial charge in [0.2, 0.25) is 0 Å². The highest BCUT2D eigenvalue weighted by atomic mass is 19.1. The Kier molecular flexibility index (Phi) is 4.57. The van der Waals surface area contributed by atoms with Gasteiger partial charge in [0.15, 0.2) is 0 Å². The van der Waals surface area contributed by atoms with E-state index in [0.29, 0.717) is 12.2 Å². The van der Waals surface area contributed by atoms with Crippen LogP contribution in [0.3, 0.4) is 0 Å². The first-order valence-corrected chi connectivity index (χ1v) is 6.50. The SMILES string of the molecule is CCCn1nncc1C(NCC)c1ncccc1F.